The number of halogens is 1. The van der Waals surface area contributed by atoms with E-state index in [-0.39, 0.29) is 5.78 Å². The summed E-state index contributed by atoms with van der Waals surface area (Å²) in [6.45, 7) is 1.96. The van der Waals surface area contributed by atoms with Gasteiger partial charge in [0.1, 0.15) is 17.1 Å². The first-order chi connectivity index (χ1) is 14.5. The van der Waals surface area contributed by atoms with Crippen LogP contribution in [0, 0.1) is 12.7 Å². The monoisotopic (exact) mass is 400 g/mol. The number of hydrogen-bond acceptors (Lipinski definition) is 4. The number of carbonyl (C=O) groups excluding carboxylic acids is 1. The number of ether oxygens (including phenoxy) is 1. The third-order valence-corrected chi connectivity index (χ3v) is 5.48. The molecule has 0 spiro atoms. The summed E-state index contributed by atoms with van der Waals surface area (Å²) in [5.41, 5.74) is 2.37. The number of rotatable bonds is 3. The lowest BCUT2D eigenvalue weighted by atomic mass is 9.85. The van der Waals surface area contributed by atoms with Crippen molar-refractivity contribution in [1.82, 2.24) is 0 Å². The van der Waals surface area contributed by atoms with Gasteiger partial charge in [0, 0.05) is 5.56 Å². The Bertz CT molecular complexity index is 1320. The Morgan fingerprint density at radius 3 is 2.37 bits per heavy atom. The first-order valence-electron chi connectivity index (χ1n) is 9.61. The Kier molecular flexibility index (Phi) is 4.24. The molecule has 0 saturated heterocycles. The molecule has 0 N–H and O–H groups in total. The van der Waals surface area contributed by atoms with Gasteiger partial charge in [-0.3, -0.25) is 4.79 Å². The minimum absolute atomic E-state index is 0.319. The van der Waals surface area contributed by atoms with Crippen LogP contribution in [0.3, 0.4) is 0 Å². The van der Waals surface area contributed by atoms with Crippen molar-refractivity contribution in [2.45, 2.75) is 18.9 Å². The standard InChI is InChI=1S/C25H17FO4/c1-14-6-8-15(9-7-14)20-21-23(18-4-2-3-5-19(18)29-25(21)28)30-24(20)22(27)16-10-12-17(26)13-11-16/h2-13,20,24H,1H3/t20-,24-/m0/s1. The van der Waals surface area contributed by atoms with E-state index in [0.29, 0.717) is 27.8 Å². The smallest absolute Gasteiger partial charge is 0.344 e. The average Bonchev–Trinajstić information content (AvgIpc) is 3.16. The van der Waals surface area contributed by atoms with Crippen molar-refractivity contribution in [2.24, 2.45) is 0 Å². The quantitative estimate of drug-likeness (QED) is 0.358. The molecule has 1 aliphatic rings. The molecule has 2 heterocycles. The number of para-hydroxylation sites is 1. The Hall–Kier alpha value is -3.73. The minimum atomic E-state index is -0.957. The van der Waals surface area contributed by atoms with Crippen molar-refractivity contribution >= 4 is 16.8 Å². The topological polar surface area (TPSA) is 56.5 Å². The van der Waals surface area contributed by atoms with Crippen molar-refractivity contribution in [3.8, 4) is 5.75 Å². The van der Waals surface area contributed by atoms with Crippen LogP contribution < -0.4 is 10.4 Å². The normalized spacial score (nSPS) is 17.5. The van der Waals surface area contributed by atoms with E-state index in [4.69, 9.17) is 9.15 Å². The van der Waals surface area contributed by atoms with Crippen molar-refractivity contribution < 1.29 is 18.3 Å². The highest BCUT2D eigenvalue weighted by Gasteiger charge is 2.44. The van der Waals surface area contributed by atoms with Crippen molar-refractivity contribution in [3.05, 3.63) is 111 Å². The second kappa shape index (κ2) is 6.95. The van der Waals surface area contributed by atoms with Gasteiger partial charge in [0.25, 0.3) is 0 Å². The molecule has 1 aromatic heterocycles. The summed E-state index contributed by atoms with van der Waals surface area (Å²) >= 11 is 0. The maximum atomic E-state index is 13.4. The Balaban J connectivity index is 1.71. The predicted octanol–water partition coefficient (Wildman–Crippen LogP) is 5.02. The van der Waals surface area contributed by atoms with Crippen molar-refractivity contribution in [1.29, 1.82) is 0 Å². The van der Waals surface area contributed by atoms with Crippen LogP contribution in [0.25, 0.3) is 11.0 Å². The summed E-state index contributed by atoms with van der Waals surface area (Å²) in [7, 11) is 0. The average molecular weight is 400 g/mol. The third kappa shape index (κ3) is 2.90. The molecule has 5 heteroatoms. The molecule has 1 aliphatic heterocycles. The molecule has 0 unspecified atom stereocenters. The van der Waals surface area contributed by atoms with Crippen LogP contribution in [0.2, 0.25) is 0 Å². The van der Waals surface area contributed by atoms with Crippen LogP contribution in [-0.2, 0) is 0 Å². The maximum Gasteiger partial charge on any atom is 0.344 e. The van der Waals surface area contributed by atoms with Gasteiger partial charge < -0.3 is 9.15 Å². The number of carbonyl (C=O) groups is 1. The second-order valence-electron chi connectivity index (χ2n) is 7.43. The summed E-state index contributed by atoms with van der Waals surface area (Å²) in [6, 6.07) is 20.0. The lowest BCUT2D eigenvalue weighted by molar-refractivity contribution is 0.0808. The van der Waals surface area contributed by atoms with Gasteiger partial charge in [0.15, 0.2) is 6.10 Å². The van der Waals surface area contributed by atoms with Gasteiger partial charge in [0.05, 0.1) is 16.9 Å². The van der Waals surface area contributed by atoms with Gasteiger partial charge in [-0.1, -0.05) is 42.0 Å². The van der Waals surface area contributed by atoms with Gasteiger partial charge in [-0.25, -0.2) is 9.18 Å². The van der Waals surface area contributed by atoms with Crippen LogP contribution in [0.5, 0.6) is 5.75 Å². The third-order valence-electron chi connectivity index (χ3n) is 5.48. The number of Topliss-reactive ketones (excluding diaryl/α,β-unsaturated/α-hetero) is 1. The molecule has 2 atom stereocenters. The molecule has 0 saturated carbocycles. The number of hydrogen-bond donors (Lipinski definition) is 0. The fourth-order valence-corrected chi connectivity index (χ4v) is 3.98. The lowest BCUT2D eigenvalue weighted by Crippen LogP contribution is -2.31. The first-order valence-corrected chi connectivity index (χ1v) is 9.61. The zero-order chi connectivity index (χ0) is 20.8. The Labute approximate surface area is 171 Å². The molecule has 0 aliphatic carbocycles. The lowest BCUT2D eigenvalue weighted by Gasteiger charge is -2.18. The number of benzene rings is 3. The zero-order valence-electron chi connectivity index (χ0n) is 16.1. The summed E-state index contributed by atoms with van der Waals surface area (Å²) in [5.74, 6) is -1.00. The highest BCUT2D eigenvalue weighted by atomic mass is 19.1. The molecule has 5 rings (SSSR count). The van der Waals surface area contributed by atoms with E-state index < -0.39 is 23.5 Å². The molecule has 0 fully saturated rings. The van der Waals surface area contributed by atoms with Crippen LogP contribution in [0.15, 0.2) is 82.0 Å². The fraction of sp³-hybridized carbons (Fsp3) is 0.120. The van der Waals surface area contributed by atoms with Crippen LogP contribution >= 0.6 is 0 Å². The summed E-state index contributed by atoms with van der Waals surface area (Å²) < 4.78 is 25.0. The van der Waals surface area contributed by atoms with E-state index in [0.717, 1.165) is 11.1 Å². The summed E-state index contributed by atoms with van der Waals surface area (Å²) in [6.07, 6.45) is -0.957. The van der Waals surface area contributed by atoms with Crippen molar-refractivity contribution in [2.75, 3.05) is 0 Å². The van der Waals surface area contributed by atoms with E-state index in [9.17, 15) is 14.0 Å². The molecule has 3 aromatic carbocycles. The van der Waals surface area contributed by atoms with Gasteiger partial charge >= 0.3 is 5.63 Å². The Morgan fingerprint density at radius 2 is 1.63 bits per heavy atom. The minimum Gasteiger partial charge on any atom is -0.480 e. The largest absolute Gasteiger partial charge is 0.480 e. The second-order valence-corrected chi connectivity index (χ2v) is 7.43. The molecule has 30 heavy (non-hydrogen) atoms. The molecule has 0 radical (unpaired) electrons. The van der Waals surface area contributed by atoms with Crippen LogP contribution in [0.4, 0.5) is 4.39 Å². The molecular formula is C25H17FO4. The maximum absolute atomic E-state index is 13.4. The van der Waals surface area contributed by atoms with Crippen molar-refractivity contribution in [3.63, 3.8) is 0 Å². The Morgan fingerprint density at radius 1 is 0.933 bits per heavy atom. The number of aryl methyl sites for hydroxylation is 1. The first kappa shape index (κ1) is 18.3. The predicted molar refractivity (Wildman–Crippen MR) is 111 cm³/mol. The molecule has 4 nitrogen and oxygen atoms in total. The van der Waals surface area contributed by atoms with E-state index in [1.807, 2.05) is 37.3 Å². The molecular weight excluding hydrogens is 383 g/mol. The SMILES string of the molecule is Cc1ccc([C@H]2c3c(c4ccccc4oc3=O)O[C@@H]2C(=O)c2ccc(F)cc2)cc1. The van der Waals surface area contributed by atoms with E-state index >= 15 is 0 Å². The van der Waals surface area contributed by atoms with Gasteiger partial charge in [-0.15, -0.1) is 0 Å². The molecule has 4 aromatic rings. The van der Waals surface area contributed by atoms with E-state index in [2.05, 4.69) is 0 Å². The summed E-state index contributed by atoms with van der Waals surface area (Å²) in [5, 5.41) is 0.638. The van der Waals surface area contributed by atoms with Crippen LogP contribution in [-0.4, -0.2) is 11.9 Å². The highest BCUT2D eigenvalue weighted by Crippen LogP contribution is 2.45. The number of ketones is 1. The number of fused-ring (bicyclic) bond motifs is 3. The fourth-order valence-electron chi connectivity index (χ4n) is 3.98. The highest BCUT2D eigenvalue weighted by molar-refractivity contribution is 6.02. The van der Waals surface area contributed by atoms with E-state index in [1.54, 1.807) is 18.2 Å². The van der Waals surface area contributed by atoms with Gasteiger partial charge in [-0.2, -0.15) is 0 Å². The van der Waals surface area contributed by atoms with Gasteiger partial charge in [0.2, 0.25) is 5.78 Å². The summed E-state index contributed by atoms with van der Waals surface area (Å²) in [4.78, 5) is 26.3. The molecule has 148 valence electrons. The van der Waals surface area contributed by atoms with Crippen LogP contribution in [0.1, 0.15) is 33.0 Å². The molecule has 0 bridgehead atoms. The van der Waals surface area contributed by atoms with E-state index in [1.165, 1.54) is 24.3 Å². The van der Waals surface area contributed by atoms with Gasteiger partial charge in [-0.05, 0) is 48.9 Å². The zero-order valence-corrected chi connectivity index (χ0v) is 16.1. The molecule has 0 amide bonds.